The number of nitrogens with zero attached hydrogens (tertiary/aromatic N) is 1. The van der Waals surface area contributed by atoms with E-state index in [0.717, 1.165) is 25.4 Å². The smallest absolute Gasteiger partial charge is 0.325 e. The van der Waals surface area contributed by atoms with E-state index in [2.05, 4.69) is 25.8 Å². The number of esters is 1. The van der Waals surface area contributed by atoms with Crippen LogP contribution < -0.4 is 5.73 Å². The average Bonchev–Trinajstić information content (AvgIpc) is 2.42. The zero-order valence-corrected chi connectivity index (χ0v) is 14.6. The van der Waals surface area contributed by atoms with E-state index in [1.165, 1.54) is 32.8 Å². The molecule has 1 aliphatic rings. The minimum atomic E-state index is -0.845. The molecule has 0 amide bonds. The normalized spacial score (nSPS) is 22.0. The molecule has 0 radical (unpaired) electrons. The Kier molecular flexibility index (Phi) is 6.67. The molecular weight excluding hydrogens is 264 g/mol. The summed E-state index contributed by atoms with van der Waals surface area (Å²) in [5.74, 6) is -0.314. The summed E-state index contributed by atoms with van der Waals surface area (Å²) in [5, 5.41) is 0. The third-order valence-electron chi connectivity index (χ3n) is 5.04. The van der Waals surface area contributed by atoms with Crippen LogP contribution >= 0.6 is 0 Å². The Morgan fingerprint density at radius 2 is 1.90 bits per heavy atom. The van der Waals surface area contributed by atoms with Gasteiger partial charge in [0.05, 0.1) is 7.11 Å². The van der Waals surface area contributed by atoms with Gasteiger partial charge in [-0.05, 0) is 70.9 Å². The number of nitrogens with two attached hydrogens (primary N) is 1. The molecule has 21 heavy (non-hydrogen) atoms. The Morgan fingerprint density at radius 1 is 1.33 bits per heavy atom. The van der Waals surface area contributed by atoms with Crippen LogP contribution in [-0.4, -0.2) is 43.2 Å². The van der Waals surface area contributed by atoms with Gasteiger partial charge in [0.2, 0.25) is 0 Å². The molecule has 1 atom stereocenters. The van der Waals surface area contributed by atoms with E-state index in [4.69, 9.17) is 10.5 Å². The van der Waals surface area contributed by atoms with Crippen molar-refractivity contribution in [3.63, 3.8) is 0 Å². The number of rotatable bonds is 7. The van der Waals surface area contributed by atoms with Crippen molar-refractivity contribution in [2.75, 3.05) is 20.7 Å². The summed E-state index contributed by atoms with van der Waals surface area (Å²) in [5.41, 5.74) is 5.65. The predicted octanol–water partition coefficient (Wildman–Crippen LogP) is 2.95. The number of carbonyl (C=O) groups is 1. The Bertz CT molecular complexity index is 330. The lowest BCUT2D eigenvalue weighted by Crippen LogP contribution is -2.45. The maximum Gasteiger partial charge on any atom is 0.325 e. The highest BCUT2D eigenvalue weighted by atomic mass is 16.5. The fraction of sp³-hybridized carbons (Fsp3) is 0.941. The summed E-state index contributed by atoms with van der Waals surface area (Å²) >= 11 is 0. The summed E-state index contributed by atoms with van der Waals surface area (Å²) in [7, 11) is 3.62. The summed E-state index contributed by atoms with van der Waals surface area (Å²) in [6, 6.07) is 0.725. The highest BCUT2D eigenvalue weighted by Gasteiger charge is 2.30. The van der Waals surface area contributed by atoms with Crippen molar-refractivity contribution in [2.24, 2.45) is 11.1 Å². The van der Waals surface area contributed by atoms with Crippen LogP contribution in [-0.2, 0) is 9.53 Å². The highest BCUT2D eigenvalue weighted by Crippen LogP contribution is 2.36. The Morgan fingerprint density at radius 3 is 2.43 bits per heavy atom. The molecule has 1 unspecified atom stereocenters. The van der Waals surface area contributed by atoms with Crippen LogP contribution in [0.15, 0.2) is 0 Å². The molecule has 0 aromatic carbocycles. The van der Waals surface area contributed by atoms with Gasteiger partial charge in [-0.25, -0.2) is 0 Å². The number of hydrogen-bond donors (Lipinski definition) is 1. The summed E-state index contributed by atoms with van der Waals surface area (Å²) in [6.45, 7) is 7.59. The van der Waals surface area contributed by atoms with Crippen molar-refractivity contribution in [3.05, 3.63) is 0 Å². The molecule has 1 fully saturated rings. The van der Waals surface area contributed by atoms with Crippen LogP contribution in [0.2, 0.25) is 0 Å². The molecule has 0 aliphatic heterocycles. The van der Waals surface area contributed by atoms with Gasteiger partial charge in [-0.15, -0.1) is 0 Å². The number of ether oxygens (including phenoxy) is 1. The van der Waals surface area contributed by atoms with Crippen molar-refractivity contribution in [3.8, 4) is 0 Å². The van der Waals surface area contributed by atoms with E-state index in [9.17, 15) is 4.79 Å². The third-order valence-corrected chi connectivity index (χ3v) is 5.04. The first-order valence-corrected chi connectivity index (χ1v) is 8.25. The molecule has 124 valence electrons. The van der Waals surface area contributed by atoms with Crippen molar-refractivity contribution < 1.29 is 9.53 Å². The number of carbonyl (C=O) groups excluding carboxylic acids is 1. The summed E-state index contributed by atoms with van der Waals surface area (Å²) in [4.78, 5) is 14.0. The molecule has 2 N–H and O–H groups in total. The highest BCUT2D eigenvalue weighted by molar-refractivity contribution is 5.79. The lowest BCUT2D eigenvalue weighted by molar-refractivity contribution is -0.146. The fourth-order valence-corrected chi connectivity index (χ4v) is 3.20. The van der Waals surface area contributed by atoms with Crippen LogP contribution in [0.25, 0.3) is 0 Å². The molecule has 4 nitrogen and oxygen atoms in total. The van der Waals surface area contributed by atoms with Crippen molar-refractivity contribution >= 4 is 5.97 Å². The zero-order chi connectivity index (χ0) is 16.1. The van der Waals surface area contributed by atoms with E-state index >= 15 is 0 Å². The first-order chi connectivity index (χ1) is 9.68. The molecule has 1 aliphatic carbocycles. The van der Waals surface area contributed by atoms with Crippen LogP contribution in [0.5, 0.6) is 0 Å². The molecular formula is C17H34N2O2. The Hall–Kier alpha value is -0.610. The maximum absolute atomic E-state index is 11.5. The minimum absolute atomic E-state index is 0.314. The molecule has 4 heteroatoms. The van der Waals surface area contributed by atoms with Crippen LogP contribution in [0, 0.1) is 5.41 Å². The SMILES string of the molecule is COC(=O)C(C)(N)CCCCN(C)C1CCC(C)(C)CC1. The number of hydrogen-bond acceptors (Lipinski definition) is 4. The molecule has 0 aromatic rings. The Labute approximate surface area is 130 Å². The monoisotopic (exact) mass is 298 g/mol. The third kappa shape index (κ3) is 5.95. The van der Waals surface area contributed by atoms with E-state index in [-0.39, 0.29) is 5.97 Å². The Balaban J connectivity index is 2.22. The van der Waals surface area contributed by atoms with Crippen LogP contribution in [0.4, 0.5) is 0 Å². The molecule has 0 spiro atoms. The second-order valence-corrected chi connectivity index (χ2v) is 7.74. The first-order valence-electron chi connectivity index (χ1n) is 8.25. The van der Waals surface area contributed by atoms with Crippen molar-refractivity contribution in [2.45, 2.75) is 77.3 Å². The van der Waals surface area contributed by atoms with Crippen molar-refractivity contribution in [1.29, 1.82) is 0 Å². The van der Waals surface area contributed by atoms with E-state index in [1.54, 1.807) is 6.92 Å². The van der Waals surface area contributed by atoms with Gasteiger partial charge in [-0.2, -0.15) is 0 Å². The first kappa shape index (κ1) is 18.4. The summed E-state index contributed by atoms with van der Waals surface area (Å²) in [6.07, 6.45) is 7.99. The fourth-order valence-electron chi connectivity index (χ4n) is 3.20. The average molecular weight is 298 g/mol. The predicted molar refractivity (Wildman–Crippen MR) is 87.1 cm³/mol. The lowest BCUT2D eigenvalue weighted by Gasteiger charge is -2.38. The van der Waals surface area contributed by atoms with Gasteiger partial charge in [-0.3, -0.25) is 4.79 Å². The molecule has 0 aromatic heterocycles. The van der Waals surface area contributed by atoms with Crippen LogP contribution in [0.3, 0.4) is 0 Å². The quantitative estimate of drug-likeness (QED) is 0.580. The van der Waals surface area contributed by atoms with Gasteiger partial charge in [0.25, 0.3) is 0 Å². The maximum atomic E-state index is 11.5. The van der Waals surface area contributed by atoms with Gasteiger partial charge in [0, 0.05) is 6.04 Å². The van der Waals surface area contributed by atoms with Crippen molar-refractivity contribution in [1.82, 2.24) is 4.90 Å². The molecule has 0 bridgehead atoms. The van der Waals surface area contributed by atoms with E-state index in [1.807, 2.05) is 0 Å². The van der Waals surface area contributed by atoms with E-state index in [0.29, 0.717) is 11.8 Å². The standard InChI is InChI=1S/C17H34N2O2/c1-16(2)11-8-14(9-12-16)19(4)13-7-6-10-17(3,18)15(20)21-5/h14H,6-13,18H2,1-5H3. The van der Waals surface area contributed by atoms with Gasteiger partial charge < -0.3 is 15.4 Å². The van der Waals surface area contributed by atoms with Crippen LogP contribution in [0.1, 0.15) is 65.7 Å². The minimum Gasteiger partial charge on any atom is -0.468 e. The largest absolute Gasteiger partial charge is 0.468 e. The van der Waals surface area contributed by atoms with E-state index < -0.39 is 5.54 Å². The lowest BCUT2D eigenvalue weighted by atomic mass is 9.75. The van der Waals surface area contributed by atoms with Gasteiger partial charge in [0.15, 0.2) is 0 Å². The number of methoxy groups -OCH3 is 1. The molecule has 0 heterocycles. The number of unbranched alkanes of at least 4 members (excludes halogenated alkanes) is 1. The molecule has 1 rings (SSSR count). The molecule has 0 saturated heterocycles. The van der Waals surface area contributed by atoms with Gasteiger partial charge >= 0.3 is 5.97 Å². The van der Waals surface area contributed by atoms with Gasteiger partial charge in [-0.1, -0.05) is 13.8 Å². The topological polar surface area (TPSA) is 55.6 Å². The van der Waals surface area contributed by atoms with Gasteiger partial charge in [0.1, 0.15) is 5.54 Å². The second-order valence-electron chi connectivity index (χ2n) is 7.74. The zero-order valence-electron chi connectivity index (χ0n) is 14.6. The molecule has 1 saturated carbocycles. The second kappa shape index (κ2) is 7.59. The summed E-state index contributed by atoms with van der Waals surface area (Å²) < 4.78 is 4.73.